The zero-order valence-electron chi connectivity index (χ0n) is 10.2. The highest BCUT2D eigenvalue weighted by Gasteiger charge is 2.34. The number of aliphatic carboxylic acids is 1. The molecule has 1 fully saturated rings. The highest BCUT2D eigenvalue weighted by atomic mass is 16.4. The molecule has 4 heteroatoms. The maximum Gasteiger partial charge on any atom is 0.326 e. The van der Waals surface area contributed by atoms with Crippen molar-refractivity contribution >= 4 is 11.9 Å². The third-order valence-corrected chi connectivity index (χ3v) is 3.80. The molecule has 1 atom stereocenters. The minimum Gasteiger partial charge on any atom is -0.480 e. The Morgan fingerprint density at radius 2 is 2.00 bits per heavy atom. The van der Waals surface area contributed by atoms with E-state index in [9.17, 15) is 9.59 Å². The van der Waals surface area contributed by atoms with Gasteiger partial charge in [-0.05, 0) is 45.4 Å². The van der Waals surface area contributed by atoms with E-state index in [0.29, 0.717) is 13.0 Å². The Labute approximate surface area is 101 Å². The molecule has 0 bridgehead atoms. The van der Waals surface area contributed by atoms with Gasteiger partial charge < -0.3 is 10.0 Å². The summed E-state index contributed by atoms with van der Waals surface area (Å²) in [6.07, 6.45) is 5.23. The molecule has 4 nitrogen and oxygen atoms in total. The lowest BCUT2D eigenvalue weighted by molar-refractivity contribution is -0.150. The van der Waals surface area contributed by atoms with Gasteiger partial charge in [0.25, 0.3) is 0 Å². The molecular formula is C13H19NO3. The highest BCUT2D eigenvalue weighted by Crippen LogP contribution is 2.29. The minimum absolute atomic E-state index is 0.0351. The van der Waals surface area contributed by atoms with Gasteiger partial charge in [-0.15, -0.1) is 0 Å². The summed E-state index contributed by atoms with van der Waals surface area (Å²) in [4.78, 5) is 25.1. The van der Waals surface area contributed by atoms with E-state index in [1.807, 2.05) is 6.92 Å². The van der Waals surface area contributed by atoms with Crippen LogP contribution in [0.15, 0.2) is 11.1 Å². The second kappa shape index (κ2) is 4.90. The summed E-state index contributed by atoms with van der Waals surface area (Å²) in [5, 5.41) is 9.16. The van der Waals surface area contributed by atoms with E-state index in [-0.39, 0.29) is 5.91 Å². The number of piperidine rings is 1. The molecule has 0 aromatic rings. The van der Waals surface area contributed by atoms with Crippen molar-refractivity contribution in [2.45, 2.75) is 51.5 Å². The Hall–Kier alpha value is -1.32. The number of likely N-dealkylation sites (tertiary alicyclic amines) is 1. The smallest absolute Gasteiger partial charge is 0.326 e. The molecule has 0 aromatic carbocycles. The van der Waals surface area contributed by atoms with Crippen molar-refractivity contribution in [1.29, 1.82) is 0 Å². The van der Waals surface area contributed by atoms with Crippen LogP contribution in [0.3, 0.4) is 0 Å². The number of rotatable bonds is 2. The molecule has 0 unspecified atom stereocenters. The summed E-state index contributed by atoms with van der Waals surface area (Å²) >= 11 is 0. The molecule has 2 aliphatic rings. The Bertz CT molecular complexity index is 373. The zero-order chi connectivity index (χ0) is 12.4. The first-order valence-electron chi connectivity index (χ1n) is 6.33. The molecule has 1 amide bonds. The van der Waals surface area contributed by atoms with E-state index in [1.54, 1.807) is 4.90 Å². The van der Waals surface area contributed by atoms with Crippen LogP contribution in [-0.2, 0) is 9.59 Å². The number of carbonyl (C=O) groups is 2. The first-order chi connectivity index (χ1) is 8.11. The Morgan fingerprint density at radius 3 is 2.59 bits per heavy atom. The predicted molar refractivity (Wildman–Crippen MR) is 63.5 cm³/mol. The fourth-order valence-electron chi connectivity index (χ4n) is 2.79. The van der Waals surface area contributed by atoms with Crippen molar-refractivity contribution < 1.29 is 14.7 Å². The third-order valence-electron chi connectivity index (χ3n) is 3.80. The van der Waals surface area contributed by atoms with E-state index in [4.69, 9.17) is 5.11 Å². The Kier molecular flexibility index (Phi) is 3.50. The topological polar surface area (TPSA) is 57.6 Å². The molecule has 1 aliphatic carbocycles. The van der Waals surface area contributed by atoms with Crippen molar-refractivity contribution in [3.05, 3.63) is 11.1 Å². The third kappa shape index (κ3) is 2.35. The minimum atomic E-state index is -0.866. The molecular weight excluding hydrogens is 218 g/mol. The maximum atomic E-state index is 12.3. The van der Waals surface area contributed by atoms with Crippen molar-refractivity contribution in [3.63, 3.8) is 0 Å². The second-order valence-corrected chi connectivity index (χ2v) is 4.96. The van der Waals surface area contributed by atoms with Gasteiger partial charge in [0, 0.05) is 12.1 Å². The number of hydrogen-bond donors (Lipinski definition) is 1. The van der Waals surface area contributed by atoms with E-state index in [0.717, 1.165) is 43.3 Å². The first kappa shape index (κ1) is 12.1. The van der Waals surface area contributed by atoms with Gasteiger partial charge in [-0.1, -0.05) is 5.57 Å². The van der Waals surface area contributed by atoms with Gasteiger partial charge in [-0.3, -0.25) is 4.79 Å². The fourth-order valence-corrected chi connectivity index (χ4v) is 2.79. The number of carboxylic acids is 1. The van der Waals surface area contributed by atoms with Gasteiger partial charge >= 0.3 is 5.97 Å². The quantitative estimate of drug-likeness (QED) is 0.798. The molecule has 1 saturated heterocycles. The zero-order valence-corrected chi connectivity index (χ0v) is 10.2. The summed E-state index contributed by atoms with van der Waals surface area (Å²) in [6, 6.07) is -0.614. The number of allylic oxidation sites excluding steroid dienone is 1. The SMILES string of the molecule is CC1=C(C(=O)N2CCCC[C@@H]2C(=O)O)CCC1. The average Bonchev–Trinajstić information content (AvgIpc) is 2.74. The molecule has 0 aromatic heterocycles. The Morgan fingerprint density at radius 1 is 1.24 bits per heavy atom. The van der Waals surface area contributed by atoms with Crippen LogP contribution in [-0.4, -0.2) is 34.5 Å². The van der Waals surface area contributed by atoms with E-state index < -0.39 is 12.0 Å². The lowest BCUT2D eigenvalue weighted by Crippen LogP contribution is -2.48. The molecule has 0 saturated carbocycles. The van der Waals surface area contributed by atoms with Crippen LogP contribution < -0.4 is 0 Å². The van der Waals surface area contributed by atoms with Crippen molar-refractivity contribution in [1.82, 2.24) is 4.90 Å². The number of nitrogens with zero attached hydrogens (tertiary/aromatic N) is 1. The molecule has 0 spiro atoms. The van der Waals surface area contributed by atoms with Gasteiger partial charge in [0.05, 0.1) is 0 Å². The summed E-state index contributed by atoms with van der Waals surface area (Å²) in [7, 11) is 0. The van der Waals surface area contributed by atoms with Crippen LogP contribution in [0.2, 0.25) is 0 Å². The number of amides is 1. The highest BCUT2D eigenvalue weighted by molar-refractivity contribution is 5.97. The van der Waals surface area contributed by atoms with Gasteiger partial charge in [-0.2, -0.15) is 0 Å². The molecule has 94 valence electrons. The lowest BCUT2D eigenvalue weighted by atomic mass is 10.00. The standard InChI is InChI=1S/C13H19NO3/c1-9-5-4-6-10(9)12(15)14-8-3-2-7-11(14)13(16)17/h11H,2-8H2,1H3,(H,16,17)/t11-/m1/s1. The van der Waals surface area contributed by atoms with Gasteiger partial charge in [0.2, 0.25) is 5.91 Å². The summed E-state index contributed by atoms with van der Waals surface area (Å²) < 4.78 is 0. The van der Waals surface area contributed by atoms with E-state index in [1.165, 1.54) is 0 Å². The van der Waals surface area contributed by atoms with Gasteiger partial charge in [0.1, 0.15) is 6.04 Å². The van der Waals surface area contributed by atoms with E-state index >= 15 is 0 Å². The molecule has 0 radical (unpaired) electrons. The van der Waals surface area contributed by atoms with E-state index in [2.05, 4.69) is 0 Å². The van der Waals surface area contributed by atoms with Crippen molar-refractivity contribution in [2.24, 2.45) is 0 Å². The lowest BCUT2D eigenvalue weighted by Gasteiger charge is -2.33. The van der Waals surface area contributed by atoms with Crippen LogP contribution in [0.1, 0.15) is 45.4 Å². The van der Waals surface area contributed by atoms with Crippen LogP contribution in [0.4, 0.5) is 0 Å². The molecule has 1 heterocycles. The largest absolute Gasteiger partial charge is 0.480 e. The Balaban J connectivity index is 2.17. The molecule has 1 aliphatic heterocycles. The fraction of sp³-hybridized carbons (Fsp3) is 0.692. The number of hydrogen-bond acceptors (Lipinski definition) is 2. The summed E-state index contributed by atoms with van der Waals surface area (Å²) in [6.45, 7) is 2.58. The first-order valence-corrected chi connectivity index (χ1v) is 6.33. The van der Waals surface area contributed by atoms with Crippen LogP contribution >= 0.6 is 0 Å². The van der Waals surface area contributed by atoms with Crippen LogP contribution in [0.25, 0.3) is 0 Å². The van der Waals surface area contributed by atoms with Gasteiger partial charge in [-0.25, -0.2) is 4.79 Å². The monoisotopic (exact) mass is 237 g/mol. The van der Waals surface area contributed by atoms with Crippen LogP contribution in [0, 0.1) is 0 Å². The normalized spacial score (nSPS) is 25.2. The van der Waals surface area contributed by atoms with Crippen molar-refractivity contribution in [2.75, 3.05) is 6.54 Å². The predicted octanol–water partition coefficient (Wildman–Crippen LogP) is 1.95. The summed E-state index contributed by atoms with van der Waals surface area (Å²) in [5.74, 6) is -0.901. The number of carbonyl (C=O) groups excluding carboxylic acids is 1. The molecule has 2 rings (SSSR count). The second-order valence-electron chi connectivity index (χ2n) is 4.96. The van der Waals surface area contributed by atoms with Crippen molar-refractivity contribution in [3.8, 4) is 0 Å². The molecule has 1 N–H and O–H groups in total. The number of carboxylic acid groups (broad SMARTS) is 1. The van der Waals surface area contributed by atoms with Crippen LogP contribution in [0.5, 0.6) is 0 Å². The van der Waals surface area contributed by atoms with Gasteiger partial charge in [0.15, 0.2) is 0 Å². The average molecular weight is 237 g/mol. The maximum absolute atomic E-state index is 12.3. The summed E-state index contributed by atoms with van der Waals surface area (Å²) in [5.41, 5.74) is 2.00. The molecule has 17 heavy (non-hydrogen) atoms.